The molecule has 0 bridgehead atoms. The maximum Gasteiger partial charge on any atom is 0.410 e. The number of nitrogens with one attached hydrogen (secondary N) is 4. The molecule has 1 aliphatic carbocycles. The van der Waals surface area contributed by atoms with Gasteiger partial charge in [0, 0.05) is 61.7 Å². The van der Waals surface area contributed by atoms with Crippen molar-refractivity contribution in [2.75, 3.05) is 62.5 Å². The first-order valence-corrected chi connectivity index (χ1v) is 29.6. The van der Waals surface area contributed by atoms with Gasteiger partial charge in [-0.25, -0.2) is 4.79 Å². The number of carbonyl (C=O) groups is 11. The molecule has 3 aromatic rings. The number of aliphatic carboxylic acids is 1. The summed E-state index contributed by atoms with van der Waals surface area (Å²) in [5.74, 6) is -7.93. The van der Waals surface area contributed by atoms with Gasteiger partial charge in [0.15, 0.2) is 0 Å². The smallest absolute Gasteiger partial charge is 0.410 e. The summed E-state index contributed by atoms with van der Waals surface area (Å²) in [7, 11) is 9.77. The highest BCUT2D eigenvalue weighted by molar-refractivity contribution is 5.98. The molecule has 0 fully saturated rings. The fourth-order valence-electron chi connectivity index (χ4n) is 10.5. The zero-order valence-corrected chi connectivity index (χ0v) is 53.4. The SMILES string of the molecule is CC(C)CC(NC(=O)C(C)N(C)C(=O)OCC1c2ccccc2-c2ccccc21)C(=O)N(C)C(CC(C)C)C(=O)NC(C)C(=O)N(C)C(Cc1ccccc1)C(=O)NC(C)C(=O)N(C)C(CC(C)C)C(=O)NCC(=O)N(C)C(CC(=O)O)C(=O)N(C)C. The Hall–Kier alpha value is -8.37. The Labute approximate surface area is 512 Å². The van der Waals surface area contributed by atoms with Crippen LogP contribution >= 0.6 is 0 Å². The second-order valence-corrected chi connectivity index (χ2v) is 24.2. The molecule has 476 valence electrons. The summed E-state index contributed by atoms with van der Waals surface area (Å²) in [5.41, 5.74) is 4.86. The van der Waals surface area contributed by atoms with Gasteiger partial charge in [0.25, 0.3) is 0 Å². The second kappa shape index (κ2) is 32.4. The number of likely N-dealkylation sites (N-methyl/N-ethyl adjacent to an activating group) is 6. The number of hydrogen-bond acceptors (Lipinski definition) is 12. The van der Waals surface area contributed by atoms with Crippen LogP contribution in [0.5, 0.6) is 0 Å². The first-order valence-electron chi connectivity index (χ1n) is 29.6. The van der Waals surface area contributed by atoms with E-state index in [0.29, 0.717) is 5.56 Å². The fourth-order valence-corrected chi connectivity index (χ4v) is 10.5. The fraction of sp³-hybridized carbons (Fsp3) is 0.547. The average Bonchev–Trinajstić information content (AvgIpc) is 1.73. The van der Waals surface area contributed by atoms with Crippen LogP contribution in [0.25, 0.3) is 11.1 Å². The molecular weight excluding hydrogens is 1120 g/mol. The first kappa shape index (κ1) is 71.1. The number of carbonyl (C=O) groups excluding carboxylic acids is 10. The highest BCUT2D eigenvalue weighted by atomic mass is 16.6. The number of nitrogens with zero attached hydrogens (tertiary/aromatic N) is 6. The van der Waals surface area contributed by atoms with Gasteiger partial charge >= 0.3 is 12.1 Å². The molecule has 10 amide bonds. The number of hydrogen-bond donors (Lipinski definition) is 5. The van der Waals surface area contributed by atoms with Crippen LogP contribution in [-0.4, -0.2) is 211 Å². The molecule has 0 heterocycles. The minimum absolute atomic E-state index is 0.0169. The maximum absolute atomic E-state index is 14.6. The van der Waals surface area contributed by atoms with E-state index in [9.17, 15) is 57.8 Å². The van der Waals surface area contributed by atoms with Crippen molar-refractivity contribution in [2.45, 2.75) is 149 Å². The molecular formula is C64H92N10O13. The Morgan fingerprint density at radius 3 is 1.41 bits per heavy atom. The number of carboxylic acid groups (broad SMARTS) is 1. The zero-order chi connectivity index (χ0) is 65.3. The summed E-state index contributed by atoms with van der Waals surface area (Å²) in [6, 6.07) is 15.1. The van der Waals surface area contributed by atoms with Crippen LogP contribution in [0.1, 0.15) is 111 Å². The van der Waals surface area contributed by atoms with Crippen molar-refractivity contribution in [2.24, 2.45) is 17.8 Å². The number of rotatable bonds is 30. The molecule has 0 saturated carbocycles. The molecule has 5 N–H and O–H groups in total. The zero-order valence-electron chi connectivity index (χ0n) is 53.4. The largest absolute Gasteiger partial charge is 0.481 e. The summed E-state index contributed by atoms with van der Waals surface area (Å²) in [6.45, 7) is 15.0. The van der Waals surface area contributed by atoms with Gasteiger partial charge in [0.05, 0.1) is 13.0 Å². The van der Waals surface area contributed by atoms with Crippen molar-refractivity contribution < 1.29 is 62.6 Å². The van der Waals surface area contributed by atoms with E-state index in [1.54, 1.807) is 30.3 Å². The standard InChI is InChI=1S/C64H92N10O13/c1-37(2)30-49(68-56(78)42(9)70(12)64(86)87-36-48-46-28-22-20-26-44(46)45-27-21-23-29-47(45)48)62(84)74(16)51(32-39(5)6)58(80)66-41(8)61(83)73(15)52(33-43-24-18-17-19-25-43)59(81)67-40(7)60(82)72(14)50(31-38(3)4)57(79)65-35-54(75)71(13)53(34-55(76)77)63(85)69(10)11/h17-29,37-42,48-53H,30-36H2,1-16H3,(H,65,79)(H,66,80)(H,67,81)(H,68,78)(H,76,77). The number of ether oxygens (including phenoxy) is 1. The van der Waals surface area contributed by atoms with Crippen molar-refractivity contribution in [1.29, 1.82) is 0 Å². The molecule has 8 atom stereocenters. The van der Waals surface area contributed by atoms with E-state index in [1.165, 1.54) is 84.8 Å². The van der Waals surface area contributed by atoms with Gasteiger partial charge in [-0.15, -0.1) is 0 Å². The van der Waals surface area contributed by atoms with Gasteiger partial charge < -0.3 is 55.6 Å². The Bertz CT molecular complexity index is 2890. The molecule has 87 heavy (non-hydrogen) atoms. The number of fused-ring (bicyclic) bond motifs is 3. The summed E-state index contributed by atoms with van der Waals surface area (Å²) < 4.78 is 5.82. The molecule has 0 radical (unpaired) electrons. The van der Waals surface area contributed by atoms with Crippen molar-refractivity contribution >= 4 is 65.2 Å². The molecule has 1 aliphatic rings. The highest BCUT2D eigenvalue weighted by Gasteiger charge is 2.40. The van der Waals surface area contributed by atoms with Crippen molar-refractivity contribution in [3.05, 3.63) is 95.6 Å². The van der Waals surface area contributed by atoms with Crippen molar-refractivity contribution in [1.82, 2.24) is 50.7 Å². The third-order valence-electron chi connectivity index (χ3n) is 15.7. The normalized spacial score (nSPS) is 14.5. The maximum atomic E-state index is 14.6. The predicted octanol–water partition coefficient (Wildman–Crippen LogP) is 4.12. The van der Waals surface area contributed by atoms with E-state index in [4.69, 9.17) is 4.74 Å². The van der Waals surface area contributed by atoms with Gasteiger partial charge in [-0.2, -0.15) is 0 Å². The Balaban J connectivity index is 1.46. The summed E-state index contributed by atoms with van der Waals surface area (Å²) in [4.78, 5) is 158. The highest BCUT2D eigenvalue weighted by Crippen LogP contribution is 2.44. The second-order valence-electron chi connectivity index (χ2n) is 24.2. The lowest BCUT2D eigenvalue weighted by Crippen LogP contribution is -2.60. The van der Waals surface area contributed by atoms with E-state index >= 15 is 0 Å². The van der Waals surface area contributed by atoms with Crippen LogP contribution in [-0.2, 0) is 59.1 Å². The van der Waals surface area contributed by atoms with Crippen molar-refractivity contribution in [3.8, 4) is 11.1 Å². The van der Waals surface area contributed by atoms with Gasteiger partial charge in [-0.1, -0.05) is 120 Å². The van der Waals surface area contributed by atoms with E-state index in [0.717, 1.165) is 37.0 Å². The van der Waals surface area contributed by atoms with Gasteiger partial charge in [0.1, 0.15) is 54.9 Å². The van der Waals surface area contributed by atoms with Gasteiger partial charge in [-0.05, 0) is 85.6 Å². The lowest BCUT2D eigenvalue weighted by molar-refractivity contribution is -0.149. The Morgan fingerprint density at radius 2 is 0.931 bits per heavy atom. The average molecular weight is 1210 g/mol. The van der Waals surface area contributed by atoms with Gasteiger partial charge in [0.2, 0.25) is 53.2 Å². The Morgan fingerprint density at radius 1 is 0.483 bits per heavy atom. The van der Waals surface area contributed by atoms with Crippen LogP contribution in [0.2, 0.25) is 0 Å². The Kier molecular flexibility index (Phi) is 26.5. The molecule has 23 heteroatoms. The number of carboxylic acids is 1. The molecule has 3 aromatic carbocycles. The molecule has 8 unspecified atom stereocenters. The molecule has 23 nitrogen and oxygen atoms in total. The molecule has 4 rings (SSSR count). The van der Waals surface area contributed by atoms with Gasteiger partial charge in [-0.3, -0.25) is 52.8 Å². The summed E-state index contributed by atoms with van der Waals surface area (Å²) in [6.07, 6.45) is -0.926. The summed E-state index contributed by atoms with van der Waals surface area (Å²) in [5, 5.41) is 20.3. The summed E-state index contributed by atoms with van der Waals surface area (Å²) >= 11 is 0. The van der Waals surface area contributed by atoms with Crippen LogP contribution in [0.3, 0.4) is 0 Å². The first-order chi connectivity index (χ1) is 40.8. The molecule has 0 saturated heterocycles. The molecule has 0 spiro atoms. The predicted molar refractivity (Wildman–Crippen MR) is 328 cm³/mol. The minimum atomic E-state index is -1.34. The topological polar surface area (TPSA) is 285 Å². The van der Waals surface area contributed by atoms with E-state index in [-0.39, 0.29) is 56.0 Å². The van der Waals surface area contributed by atoms with E-state index in [2.05, 4.69) is 21.3 Å². The van der Waals surface area contributed by atoms with Crippen LogP contribution in [0.4, 0.5) is 4.79 Å². The van der Waals surface area contributed by atoms with E-state index in [1.807, 2.05) is 90.1 Å². The quantitative estimate of drug-likeness (QED) is 0.0629. The third-order valence-corrected chi connectivity index (χ3v) is 15.7. The lowest BCUT2D eigenvalue weighted by atomic mass is 9.98. The van der Waals surface area contributed by atoms with Crippen molar-refractivity contribution in [3.63, 3.8) is 0 Å². The van der Waals surface area contributed by atoms with Crippen LogP contribution < -0.4 is 21.3 Å². The molecule has 0 aromatic heterocycles. The monoisotopic (exact) mass is 1210 g/mol. The van der Waals surface area contributed by atoms with Crippen LogP contribution in [0, 0.1) is 17.8 Å². The number of amides is 10. The number of benzene rings is 3. The van der Waals surface area contributed by atoms with Crippen LogP contribution in [0.15, 0.2) is 78.9 Å². The minimum Gasteiger partial charge on any atom is -0.481 e. The van der Waals surface area contributed by atoms with E-state index < -0.39 is 127 Å². The third kappa shape index (κ3) is 19.3. The molecule has 0 aliphatic heterocycles. The lowest BCUT2D eigenvalue weighted by Gasteiger charge is -2.35.